The highest BCUT2D eigenvalue weighted by molar-refractivity contribution is 6.10. The van der Waals surface area contributed by atoms with Crippen molar-refractivity contribution in [2.45, 2.75) is 38.0 Å². The molecular formula is C19H19F3N2O4. The molecule has 1 fully saturated rings. The van der Waals surface area contributed by atoms with E-state index in [4.69, 9.17) is 0 Å². The van der Waals surface area contributed by atoms with Gasteiger partial charge in [0.25, 0.3) is 5.91 Å². The molecule has 0 unspecified atom stereocenters. The molecule has 9 heteroatoms. The van der Waals surface area contributed by atoms with Crippen molar-refractivity contribution in [3.63, 3.8) is 0 Å². The summed E-state index contributed by atoms with van der Waals surface area (Å²) in [6, 6.07) is 8.39. The van der Waals surface area contributed by atoms with Crippen molar-refractivity contribution in [1.82, 2.24) is 10.2 Å². The lowest BCUT2D eigenvalue weighted by Gasteiger charge is -2.33. The number of nitrogens with one attached hydrogen (secondary N) is 1. The first-order valence-corrected chi connectivity index (χ1v) is 8.67. The number of nitrogens with zero attached hydrogens (tertiary/aromatic N) is 1. The van der Waals surface area contributed by atoms with Crippen LogP contribution in [-0.4, -0.2) is 41.5 Å². The minimum absolute atomic E-state index is 0.177. The van der Waals surface area contributed by atoms with Crippen molar-refractivity contribution in [3.05, 3.63) is 47.2 Å². The Labute approximate surface area is 159 Å². The van der Waals surface area contributed by atoms with E-state index in [0.29, 0.717) is 18.4 Å². The first-order chi connectivity index (χ1) is 13.1. The highest BCUT2D eigenvalue weighted by atomic mass is 19.4. The van der Waals surface area contributed by atoms with E-state index >= 15 is 0 Å². The van der Waals surface area contributed by atoms with Crippen molar-refractivity contribution in [1.29, 1.82) is 0 Å². The quantitative estimate of drug-likeness (QED) is 0.775. The number of allylic oxidation sites excluding steroid dienone is 1. The molecule has 0 spiro atoms. The maximum absolute atomic E-state index is 14.2. The molecule has 2 aliphatic rings. The third kappa shape index (κ3) is 3.14. The molecule has 2 amide bonds. The van der Waals surface area contributed by atoms with Gasteiger partial charge < -0.3 is 15.0 Å². The molecule has 1 aromatic rings. The molecule has 0 bridgehead atoms. The number of halogens is 3. The van der Waals surface area contributed by atoms with Crippen LogP contribution >= 0.6 is 0 Å². The van der Waals surface area contributed by atoms with Crippen molar-refractivity contribution in [2.24, 2.45) is 5.92 Å². The van der Waals surface area contributed by atoms with E-state index in [9.17, 15) is 27.6 Å². The fraction of sp³-hybridized carbons (Fsp3) is 0.421. The molecule has 1 N–H and O–H groups in total. The van der Waals surface area contributed by atoms with E-state index in [1.165, 1.54) is 6.92 Å². The second-order valence-electron chi connectivity index (χ2n) is 6.84. The molecule has 3 rings (SSSR count). The lowest BCUT2D eigenvalue weighted by atomic mass is 9.89. The minimum atomic E-state index is -5.23. The average Bonchev–Trinajstić information content (AvgIpc) is 3.46. The molecule has 28 heavy (non-hydrogen) atoms. The highest BCUT2D eigenvalue weighted by Gasteiger charge is 2.71. The van der Waals surface area contributed by atoms with Crippen molar-refractivity contribution < 1.29 is 32.3 Å². The standard InChI is InChI=1S/C19H19F3N2O4/c1-11-14(16(26)28-2)18(19(20,21)22,23-15(25)13-8-9-13)17(27)24(11)10-12-6-4-3-5-7-12/h3-7,13H,8-10H2,1-2H3,(H,23,25)/t18-/m1/s1. The Morgan fingerprint density at radius 2 is 1.86 bits per heavy atom. The lowest BCUT2D eigenvalue weighted by molar-refractivity contribution is -0.196. The predicted molar refractivity (Wildman–Crippen MR) is 91.4 cm³/mol. The molecule has 1 aliphatic carbocycles. The molecule has 0 aromatic heterocycles. The SMILES string of the molecule is COC(=O)C1=C(C)N(Cc2ccccc2)C(=O)[C@@]1(NC(=O)C1CC1)C(F)(F)F. The number of carbonyl (C=O) groups excluding carboxylic acids is 3. The molecule has 1 heterocycles. The normalized spacial score (nSPS) is 22.5. The van der Waals surface area contributed by atoms with Gasteiger partial charge in [-0.3, -0.25) is 9.59 Å². The Kier molecular flexibility index (Phi) is 4.95. The summed E-state index contributed by atoms with van der Waals surface area (Å²) in [5.41, 5.74) is -3.99. The second kappa shape index (κ2) is 6.96. The monoisotopic (exact) mass is 396 g/mol. The summed E-state index contributed by atoms with van der Waals surface area (Å²) in [4.78, 5) is 38.4. The molecule has 0 radical (unpaired) electrons. The number of esters is 1. The zero-order chi connectivity index (χ0) is 20.7. The number of carbonyl (C=O) groups is 3. The number of amides is 2. The van der Waals surface area contributed by atoms with Crippen LogP contribution in [0.25, 0.3) is 0 Å². The fourth-order valence-electron chi connectivity index (χ4n) is 3.31. The molecule has 1 saturated carbocycles. The van der Waals surface area contributed by atoms with Crippen molar-refractivity contribution >= 4 is 17.8 Å². The van der Waals surface area contributed by atoms with Gasteiger partial charge in [0.1, 0.15) is 5.57 Å². The summed E-state index contributed by atoms with van der Waals surface area (Å²) in [5.74, 6) is -4.22. The molecular weight excluding hydrogens is 377 g/mol. The van der Waals surface area contributed by atoms with E-state index in [2.05, 4.69) is 4.74 Å². The summed E-state index contributed by atoms with van der Waals surface area (Å²) >= 11 is 0. The first-order valence-electron chi connectivity index (χ1n) is 8.67. The van der Waals surface area contributed by atoms with Crippen LogP contribution in [-0.2, 0) is 25.7 Å². The van der Waals surface area contributed by atoms with Crippen molar-refractivity contribution in [2.75, 3.05) is 7.11 Å². The van der Waals surface area contributed by atoms with Gasteiger partial charge >= 0.3 is 12.1 Å². The number of ether oxygens (including phenoxy) is 1. The van der Waals surface area contributed by atoms with Crippen molar-refractivity contribution in [3.8, 4) is 0 Å². The maximum atomic E-state index is 14.2. The van der Waals surface area contributed by atoms with Gasteiger partial charge in [-0.1, -0.05) is 30.3 Å². The summed E-state index contributed by atoms with van der Waals surface area (Å²) in [7, 11) is 0.927. The Bertz CT molecular complexity index is 846. The second-order valence-corrected chi connectivity index (χ2v) is 6.84. The molecule has 0 saturated heterocycles. The van der Waals surface area contributed by atoms with Gasteiger partial charge in [0.05, 0.1) is 13.7 Å². The number of rotatable bonds is 5. The van der Waals surface area contributed by atoms with Crippen LogP contribution in [0.3, 0.4) is 0 Å². The fourth-order valence-corrected chi connectivity index (χ4v) is 3.31. The Morgan fingerprint density at radius 1 is 1.25 bits per heavy atom. The summed E-state index contributed by atoms with van der Waals surface area (Å²) in [6.45, 7) is 1.06. The number of alkyl halides is 3. The topological polar surface area (TPSA) is 75.7 Å². The average molecular weight is 396 g/mol. The minimum Gasteiger partial charge on any atom is -0.466 e. The van der Waals surface area contributed by atoms with Crippen LogP contribution < -0.4 is 5.32 Å². The smallest absolute Gasteiger partial charge is 0.425 e. The maximum Gasteiger partial charge on any atom is 0.425 e. The molecule has 150 valence electrons. The van der Waals surface area contributed by atoms with Crippen LogP contribution in [0.1, 0.15) is 25.3 Å². The number of benzene rings is 1. The largest absolute Gasteiger partial charge is 0.466 e. The van der Waals surface area contributed by atoms with Crippen LogP contribution in [0.5, 0.6) is 0 Å². The van der Waals surface area contributed by atoms with Crippen LogP contribution in [0.15, 0.2) is 41.6 Å². The summed E-state index contributed by atoms with van der Waals surface area (Å²) in [5, 5.41) is 1.84. The molecule has 6 nitrogen and oxygen atoms in total. The van der Waals surface area contributed by atoms with Gasteiger partial charge in [-0.05, 0) is 25.3 Å². The van der Waals surface area contributed by atoms with E-state index in [1.54, 1.807) is 30.3 Å². The van der Waals surface area contributed by atoms with Crippen LogP contribution in [0.4, 0.5) is 13.2 Å². The third-order valence-electron chi connectivity index (χ3n) is 4.96. The van der Waals surface area contributed by atoms with Gasteiger partial charge in [-0.15, -0.1) is 0 Å². The Hall–Kier alpha value is -2.84. The van der Waals surface area contributed by atoms with Gasteiger partial charge in [0.15, 0.2) is 0 Å². The van der Waals surface area contributed by atoms with E-state index in [1.807, 2.05) is 5.32 Å². The van der Waals surface area contributed by atoms with Gasteiger partial charge in [-0.2, -0.15) is 13.2 Å². The van der Waals surface area contributed by atoms with E-state index in [0.717, 1.165) is 12.0 Å². The Morgan fingerprint density at radius 3 is 2.36 bits per heavy atom. The van der Waals surface area contributed by atoms with Crippen LogP contribution in [0.2, 0.25) is 0 Å². The van der Waals surface area contributed by atoms with Crippen LogP contribution in [0, 0.1) is 5.92 Å². The predicted octanol–water partition coefficient (Wildman–Crippen LogP) is 2.30. The molecule has 1 aromatic carbocycles. The third-order valence-corrected chi connectivity index (χ3v) is 4.96. The zero-order valence-electron chi connectivity index (χ0n) is 15.3. The van der Waals surface area contributed by atoms with Gasteiger partial charge in [0, 0.05) is 11.6 Å². The number of methoxy groups -OCH3 is 1. The number of hydrogen-bond donors (Lipinski definition) is 1. The van der Waals surface area contributed by atoms with E-state index < -0.39 is 41.0 Å². The Balaban J connectivity index is 2.11. The zero-order valence-corrected chi connectivity index (χ0v) is 15.3. The van der Waals surface area contributed by atoms with Gasteiger partial charge in [0.2, 0.25) is 11.4 Å². The van der Waals surface area contributed by atoms with Gasteiger partial charge in [-0.25, -0.2) is 4.79 Å². The summed E-state index contributed by atoms with van der Waals surface area (Å²) in [6.07, 6.45) is -4.35. The summed E-state index contributed by atoms with van der Waals surface area (Å²) < 4.78 is 47.2. The first kappa shape index (κ1) is 19.9. The number of hydrogen-bond acceptors (Lipinski definition) is 4. The lowest BCUT2D eigenvalue weighted by Crippen LogP contribution is -2.66. The molecule has 1 aliphatic heterocycles. The highest BCUT2D eigenvalue weighted by Crippen LogP contribution is 2.46. The molecule has 1 atom stereocenters. The van der Waals surface area contributed by atoms with E-state index in [-0.39, 0.29) is 12.2 Å².